The molecule has 0 aromatic heterocycles. The zero-order valence-electron chi connectivity index (χ0n) is 15.7. The van der Waals surface area contributed by atoms with E-state index in [9.17, 15) is 0 Å². The van der Waals surface area contributed by atoms with Crippen LogP contribution in [-0.2, 0) is 5.41 Å². The van der Waals surface area contributed by atoms with E-state index < -0.39 is 0 Å². The molecule has 0 radical (unpaired) electrons. The molecule has 0 bridgehead atoms. The van der Waals surface area contributed by atoms with Gasteiger partial charge in [-0.2, -0.15) is 0 Å². The van der Waals surface area contributed by atoms with Gasteiger partial charge in [0.1, 0.15) is 0 Å². The number of fused-ring (bicyclic) bond motifs is 3. The van der Waals surface area contributed by atoms with Crippen LogP contribution >= 0.6 is 0 Å². The van der Waals surface area contributed by atoms with Crippen molar-refractivity contribution in [3.63, 3.8) is 0 Å². The third-order valence-corrected chi connectivity index (χ3v) is 5.52. The number of allylic oxidation sites excluding steroid dienone is 3. The Hall–Kier alpha value is -2.86. The Bertz CT molecular complexity index is 1030. The second kappa shape index (κ2) is 6.14. The van der Waals surface area contributed by atoms with Crippen molar-refractivity contribution >= 4 is 5.57 Å². The molecule has 0 atom stereocenters. The summed E-state index contributed by atoms with van der Waals surface area (Å²) in [5.74, 6) is 0. The van der Waals surface area contributed by atoms with E-state index in [0.717, 1.165) is 5.57 Å². The van der Waals surface area contributed by atoms with E-state index in [1.54, 1.807) is 0 Å². The molecule has 1 aliphatic carbocycles. The van der Waals surface area contributed by atoms with Crippen molar-refractivity contribution in [1.29, 1.82) is 0 Å². The fraction of sp³-hybridized carbons (Fsp3) is 0.154. The lowest BCUT2D eigenvalue weighted by Gasteiger charge is -2.22. The van der Waals surface area contributed by atoms with E-state index in [-0.39, 0.29) is 5.41 Å². The van der Waals surface area contributed by atoms with Gasteiger partial charge in [-0.1, -0.05) is 87.2 Å². The molecule has 0 nitrogen and oxygen atoms in total. The molecule has 26 heavy (non-hydrogen) atoms. The maximum absolute atomic E-state index is 4.17. The lowest BCUT2D eigenvalue weighted by atomic mass is 9.81. The second-order valence-electron chi connectivity index (χ2n) is 7.54. The largest absolute Gasteiger partial charge is 0.0912 e. The van der Waals surface area contributed by atoms with E-state index >= 15 is 0 Å². The summed E-state index contributed by atoms with van der Waals surface area (Å²) in [4.78, 5) is 0. The number of rotatable bonds is 3. The van der Waals surface area contributed by atoms with Gasteiger partial charge in [0.15, 0.2) is 0 Å². The van der Waals surface area contributed by atoms with Crippen molar-refractivity contribution in [3.8, 4) is 22.3 Å². The Balaban J connectivity index is 1.82. The van der Waals surface area contributed by atoms with Crippen molar-refractivity contribution in [2.45, 2.75) is 26.2 Å². The molecule has 4 rings (SSSR count). The second-order valence-corrected chi connectivity index (χ2v) is 7.54. The van der Waals surface area contributed by atoms with Gasteiger partial charge >= 0.3 is 0 Å². The summed E-state index contributed by atoms with van der Waals surface area (Å²) in [7, 11) is 0. The van der Waals surface area contributed by atoms with Crippen LogP contribution in [0, 0.1) is 0 Å². The molecule has 0 N–H and O–H groups in total. The highest BCUT2D eigenvalue weighted by Gasteiger charge is 2.35. The fourth-order valence-corrected chi connectivity index (χ4v) is 4.08. The average molecular weight is 336 g/mol. The first kappa shape index (κ1) is 16.6. The quantitative estimate of drug-likeness (QED) is 0.442. The van der Waals surface area contributed by atoms with Crippen LogP contribution in [0.25, 0.3) is 27.8 Å². The van der Waals surface area contributed by atoms with E-state index in [1.807, 2.05) is 13.0 Å². The molecule has 0 fully saturated rings. The van der Waals surface area contributed by atoms with Crippen molar-refractivity contribution < 1.29 is 0 Å². The van der Waals surface area contributed by atoms with Crippen LogP contribution in [-0.4, -0.2) is 0 Å². The first-order valence-corrected chi connectivity index (χ1v) is 9.19. The highest BCUT2D eigenvalue weighted by molar-refractivity contribution is 5.84. The Labute approximate surface area is 156 Å². The van der Waals surface area contributed by atoms with Gasteiger partial charge in [0.2, 0.25) is 0 Å². The molecule has 128 valence electrons. The van der Waals surface area contributed by atoms with Gasteiger partial charge in [-0.3, -0.25) is 0 Å². The SMILES string of the molecule is C=C(/C=C\C)c1cccc(-c2ccc3c(c2)C(C)(C)c2ccccc2-3)c1. The summed E-state index contributed by atoms with van der Waals surface area (Å²) >= 11 is 0. The topological polar surface area (TPSA) is 0 Å². The van der Waals surface area contributed by atoms with Crippen LogP contribution in [0.1, 0.15) is 37.5 Å². The predicted octanol–water partition coefficient (Wildman–Crippen LogP) is 7.25. The first-order valence-electron chi connectivity index (χ1n) is 9.19. The Morgan fingerprint density at radius 1 is 0.808 bits per heavy atom. The first-order chi connectivity index (χ1) is 12.5. The Morgan fingerprint density at radius 3 is 2.35 bits per heavy atom. The average Bonchev–Trinajstić information content (AvgIpc) is 2.90. The van der Waals surface area contributed by atoms with Crippen LogP contribution in [0.3, 0.4) is 0 Å². The molecule has 0 spiro atoms. The molecule has 0 heterocycles. The highest BCUT2D eigenvalue weighted by atomic mass is 14.4. The van der Waals surface area contributed by atoms with Gasteiger partial charge in [-0.05, 0) is 63.6 Å². The van der Waals surface area contributed by atoms with Gasteiger partial charge < -0.3 is 0 Å². The maximum Gasteiger partial charge on any atom is 0.0159 e. The zero-order valence-corrected chi connectivity index (χ0v) is 15.7. The monoisotopic (exact) mass is 336 g/mol. The molecule has 0 saturated heterocycles. The van der Waals surface area contributed by atoms with Crippen molar-refractivity contribution in [3.05, 3.63) is 102 Å². The third kappa shape index (κ3) is 2.54. The zero-order chi connectivity index (χ0) is 18.3. The van der Waals surface area contributed by atoms with Crippen LogP contribution in [0.2, 0.25) is 0 Å². The minimum absolute atomic E-state index is 0.0358. The van der Waals surface area contributed by atoms with E-state index in [0.29, 0.717) is 0 Å². The molecule has 0 amide bonds. The van der Waals surface area contributed by atoms with Crippen molar-refractivity contribution in [2.75, 3.05) is 0 Å². The van der Waals surface area contributed by atoms with Crippen LogP contribution < -0.4 is 0 Å². The van der Waals surface area contributed by atoms with Crippen LogP contribution in [0.15, 0.2) is 85.5 Å². The summed E-state index contributed by atoms with van der Waals surface area (Å²) in [5.41, 5.74) is 10.3. The fourth-order valence-electron chi connectivity index (χ4n) is 4.08. The summed E-state index contributed by atoms with van der Waals surface area (Å²) < 4.78 is 0. The maximum atomic E-state index is 4.17. The third-order valence-electron chi connectivity index (χ3n) is 5.52. The molecule has 0 aliphatic heterocycles. The summed E-state index contributed by atoms with van der Waals surface area (Å²) in [6, 6.07) is 24.3. The molecular weight excluding hydrogens is 312 g/mol. The highest BCUT2D eigenvalue weighted by Crippen LogP contribution is 2.49. The van der Waals surface area contributed by atoms with Crippen molar-refractivity contribution in [2.24, 2.45) is 0 Å². The molecule has 0 heteroatoms. The van der Waals surface area contributed by atoms with E-state index in [2.05, 4.69) is 93.2 Å². The van der Waals surface area contributed by atoms with Gasteiger partial charge in [-0.15, -0.1) is 0 Å². The summed E-state index contributed by atoms with van der Waals surface area (Å²) in [6.07, 6.45) is 4.09. The Kier molecular flexibility index (Phi) is 3.92. The smallest absolute Gasteiger partial charge is 0.0159 e. The Morgan fingerprint density at radius 2 is 1.54 bits per heavy atom. The molecule has 1 aliphatic rings. The van der Waals surface area contributed by atoms with E-state index in [4.69, 9.17) is 0 Å². The molecule has 0 unspecified atom stereocenters. The number of hydrogen-bond donors (Lipinski definition) is 0. The number of hydrogen-bond acceptors (Lipinski definition) is 0. The normalized spacial score (nSPS) is 14.3. The van der Waals surface area contributed by atoms with Gasteiger partial charge in [0.25, 0.3) is 0 Å². The molecule has 0 saturated carbocycles. The minimum Gasteiger partial charge on any atom is -0.0912 e. The minimum atomic E-state index is 0.0358. The standard InChI is InChI=1S/C26H24/c1-5-9-18(2)19-10-8-11-20(16-19)21-14-15-23-22-12-6-7-13-24(22)26(3,4)25(23)17-21/h5-17H,2H2,1,3-4H3/b9-5-. The van der Waals surface area contributed by atoms with Crippen LogP contribution in [0.4, 0.5) is 0 Å². The van der Waals surface area contributed by atoms with Gasteiger partial charge in [-0.25, -0.2) is 0 Å². The van der Waals surface area contributed by atoms with Gasteiger partial charge in [0, 0.05) is 5.41 Å². The van der Waals surface area contributed by atoms with Crippen LogP contribution in [0.5, 0.6) is 0 Å². The summed E-state index contributed by atoms with van der Waals surface area (Å²) in [6.45, 7) is 10.8. The van der Waals surface area contributed by atoms with Crippen molar-refractivity contribution in [1.82, 2.24) is 0 Å². The lowest BCUT2D eigenvalue weighted by molar-refractivity contribution is 0.660. The van der Waals surface area contributed by atoms with Gasteiger partial charge in [0.05, 0.1) is 0 Å². The lowest BCUT2D eigenvalue weighted by Crippen LogP contribution is -2.14. The summed E-state index contributed by atoms with van der Waals surface area (Å²) in [5, 5.41) is 0. The molecule has 3 aromatic carbocycles. The van der Waals surface area contributed by atoms with E-state index in [1.165, 1.54) is 38.9 Å². The molecule has 3 aromatic rings. The predicted molar refractivity (Wildman–Crippen MR) is 113 cm³/mol. The number of benzene rings is 3. The molecular formula is C26H24.